The third-order valence-electron chi connectivity index (χ3n) is 8.75. The van der Waals surface area contributed by atoms with E-state index in [0.29, 0.717) is 10.1 Å². The number of likely N-dealkylation sites (tertiary alicyclic amines) is 1. The molecule has 2 N–H and O–H groups in total. The van der Waals surface area contributed by atoms with Crippen molar-refractivity contribution in [2.24, 2.45) is 0 Å². The van der Waals surface area contributed by atoms with Gasteiger partial charge in [0.2, 0.25) is 5.91 Å². The Kier molecular flexibility index (Phi) is 9.20. The molecule has 262 valence electrons. The number of aromatic nitrogens is 1. The lowest BCUT2D eigenvalue weighted by atomic mass is 9.93. The molecule has 2 atom stereocenters. The number of ether oxygens (including phenoxy) is 1. The number of benzene rings is 3. The largest absolute Gasteiger partial charge is 0.481 e. The minimum absolute atomic E-state index is 0.00397. The molecule has 4 bridgehead atoms. The molecule has 8 nitrogen and oxygen atoms in total. The Hall–Kier alpha value is -5.18. The zero-order valence-electron chi connectivity index (χ0n) is 26.2. The molecular weight excluding hydrogens is 675 g/mol. The number of rotatable bonds is 6. The van der Waals surface area contributed by atoms with Crippen LogP contribution in [-0.2, 0) is 22.2 Å². The summed E-state index contributed by atoms with van der Waals surface area (Å²) in [6.45, 7) is 1.61. The summed E-state index contributed by atoms with van der Waals surface area (Å²) in [6.07, 6.45) is -6.74. The highest BCUT2D eigenvalue weighted by Gasteiger charge is 2.38. The molecule has 1 aromatic heterocycles. The number of nitrogens with zero attached hydrogens (tertiary/aromatic N) is 2. The van der Waals surface area contributed by atoms with Crippen molar-refractivity contribution < 1.29 is 50.2 Å². The molecule has 0 aliphatic carbocycles. The standard InChI is InChI=1S/C35H28F7N3O5/c1-17-3-2-4-28-31(17)19-9-23(32(39)26(38)10-19)27(13-30(47)48)43-34(49)33(22-11-21(50-28)5-6-25(22)37)45-14-18(7-8-44-15-20(36)16-44)24(12-29(45)46)35(40,41)42/h2-6,9-12,14,20,27,33H,7-8,13,15-16H2,1H3,(H,43,49)(H,47,48)/t27-,33-/m0/s1. The highest BCUT2D eigenvalue weighted by molar-refractivity contribution is 5.85. The summed E-state index contributed by atoms with van der Waals surface area (Å²) in [4.78, 5) is 41.1. The maximum absolute atomic E-state index is 15.8. The number of amides is 1. The van der Waals surface area contributed by atoms with Crippen LogP contribution >= 0.6 is 0 Å². The van der Waals surface area contributed by atoms with Crippen molar-refractivity contribution in [2.45, 2.75) is 44.2 Å². The molecule has 0 radical (unpaired) electrons. The second-order valence-corrected chi connectivity index (χ2v) is 12.2. The minimum Gasteiger partial charge on any atom is -0.481 e. The maximum atomic E-state index is 15.8. The quantitative estimate of drug-likeness (QED) is 0.223. The summed E-state index contributed by atoms with van der Waals surface area (Å²) in [7, 11) is 0. The fourth-order valence-electron chi connectivity index (χ4n) is 6.33. The number of aliphatic carboxylic acids is 1. The van der Waals surface area contributed by atoms with Gasteiger partial charge in [-0.15, -0.1) is 0 Å². The molecule has 0 saturated carbocycles. The molecule has 50 heavy (non-hydrogen) atoms. The summed E-state index contributed by atoms with van der Waals surface area (Å²) in [6, 6.07) is 6.22. The lowest BCUT2D eigenvalue weighted by Crippen LogP contribution is -2.49. The number of aryl methyl sites for hydroxylation is 1. The van der Waals surface area contributed by atoms with E-state index in [2.05, 4.69) is 5.32 Å². The zero-order valence-corrected chi connectivity index (χ0v) is 26.2. The van der Waals surface area contributed by atoms with Gasteiger partial charge in [-0.25, -0.2) is 17.6 Å². The van der Waals surface area contributed by atoms with E-state index in [4.69, 9.17) is 4.74 Å². The van der Waals surface area contributed by atoms with Crippen molar-refractivity contribution in [1.29, 1.82) is 0 Å². The van der Waals surface area contributed by atoms with Gasteiger partial charge in [-0.2, -0.15) is 13.2 Å². The smallest absolute Gasteiger partial charge is 0.416 e. The van der Waals surface area contributed by atoms with Crippen LogP contribution in [-0.4, -0.2) is 52.3 Å². The van der Waals surface area contributed by atoms with Crippen molar-refractivity contribution >= 4 is 11.9 Å². The number of carboxylic acids is 1. The van der Waals surface area contributed by atoms with E-state index in [0.717, 1.165) is 30.5 Å². The molecule has 0 spiro atoms. The van der Waals surface area contributed by atoms with Gasteiger partial charge >= 0.3 is 12.1 Å². The van der Waals surface area contributed by atoms with Crippen molar-refractivity contribution in [2.75, 3.05) is 19.6 Å². The molecule has 1 fully saturated rings. The molecule has 15 heteroatoms. The van der Waals surface area contributed by atoms with Gasteiger partial charge in [-0.05, 0) is 66.4 Å². The van der Waals surface area contributed by atoms with E-state index in [9.17, 15) is 37.1 Å². The lowest BCUT2D eigenvalue weighted by molar-refractivity contribution is -0.139. The average molecular weight is 704 g/mol. The molecule has 2 aliphatic heterocycles. The topological polar surface area (TPSA) is 101 Å². The van der Waals surface area contributed by atoms with E-state index in [1.165, 1.54) is 12.1 Å². The van der Waals surface area contributed by atoms with Crippen LogP contribution in [0.4, 0.5) is 30.7 Å². The van der Waals surface area contributed by atoms with Gasteiger partial charge < -0.3 is 15.2 Å². The number of halogens is 7. The minimum atomic E-state index is -5.01. The summed E-state index contributed by atoms with van der Waals surface area (Å²) in [5.41, 5.74) is -3.47. The van der Waals surface area contributed by atoms with Crippen LogP contribution in [0.15, 0.2) is 65.6 Å². The third kappa shape index (κ3) is 6.82. The summed E-state index contributed by atoms with van der Waals surface area (Å²) >= 11 is 0. The van der Waals surface area contributed by atoms with Crippen LogP contribution in [0.25, 0.3) is 11.1 Å². The normalized spacial score (nSPS) is 18.1. The van der Waals surface area contributed by atoms with Crippen LogP contribution in [0.5, 0.6) is 11.5 Å². The number of carbonyl (C=O) groups is 2. The zero-order chi connectivity index (χ0) is 36.1. The third-order valence-corrected chi connectivity index (χ3v) is 8.75. The van der Waals surface area contributed by atoms with Gasteiger partial charge in [0.1, 0.15) is 29.5 Å². The van der Waals surface area contributed by atoms with Crippen LogP contribution in [0.3, 0.4) is 0 Å². The second-order valence-electron chi connectivity index (χ2n) is 12.2. The lowest BCUT2D eigenvalue weighted by Gasteiger charge is -2.34. The molecule has 0 unspecified atom stereocenters. The van der Waals surface area contributed by atoms with Gasteiger partial charge in [-0.1, -0.05) is 12.1 Å². The number of hydrogen-bond acceptors (Lipinski definition) is 5. The SMILES string of the molecule is Cc1cccc2c1-c1cc(F)c(F)c(c1)[C@H](CC(=O)O)NC(=O)[C@@H](n1cc(CCN3CC(F)C3)c(C(F)(F)F)cc1=O)c1cc(ccc1F)O2. The van der Waals surface area contributed by atoms with Crippen molar-refractivity contribution in [3.8, 4) is 22.6 Å². The Balaban J connectivity index is 1.58. The van der Waals surface area contributed by atoms with E-state index in [1.807, 2.05) is 0 Å². The van der Waals surface area contributed by atoms with Crippen LogP contribution in [0.1, 0.15) is 46.3 Å². The van der Waals surface area contributed by atoms with Crippen LogP contribution in [0, 0.1) is 24.4 Å². The fraction of sp³-hybridized carbons (Fsp3) is 0.286. The summed E-state index contributed by atoms with van der Waals surface area (Å²) < 4.78 is 109. The average Bonchev–Trinajstić information content (AvgIpc) is 3.02. The predicted molar refractivity (Wildman–Crippen MR) is 165 cm³/mol. The van der Waals surface area contributed by atoms with Crippen molar-refractivity contribution in [3.05, 3.63) is 116 Å². The number of alkyl halides is 4. The number of carbonyl (C=O) groups excluding carboxylic acids is 1. The van der Waals surface area contributed by atoms with E-state index in [-0.39, 0.29) is 54.7 Å². The first-order valence-electron chi connectivity index (χ1n) is 15.4. The van der Waals surface area contributed by atoms with Gasteiger partial charge in [0.05, 0.1) is 18.0 Å². The molecule has 2 aliphatic rings. The molecule has 3 aromatic carbocycles. The molecule has 6 rings (SSSR count). The summed E-state index contributed by atoms with van der Waals surface area (Å²) in [5, 5.41) is 12.0. The highest BCUT2D eigenvalue weighted by Crippen LogP contribution is 2.40. The molecular formula is C35H28F7N3O5. The second kappa shape index (κ2) is 13.3. The monoisotopic (exact) mass is 703 g/mol. The van der Waals surface area contributed by atoms with Crippen LogP contribution in [0.2, 0.25) is 0 Å². The number of hydrogen-bond donors (Lipinski definition) is 2. The fourth-order valence-corrected chi connectivity index (χ4v) is 6.33. The van der Waals surface area contributed by atoms with E-state index < -0.39 is 88.0 Å². The number of carboxylic acid groups (broad SMARTS) is 1. The summed E-state index contributed by atoms with van der Waals surface area (Å²) in [5.74, 6) is -6.85. The number of pyridine rings is 1. The first kappa shape index (κ1) is 34.7. The Morgan fingerprint density at radius 2 is 1.74 bits per heavy atom. The molecule has 1 amide bonds. The van der Waals surface area contributed by atoms with Gasteiger partial charge in [0.25, 0.3) is 5.56 Å². The van der Waals surface area contributed by atoms with E-state index in [1.54, 1.807) is 24.0 Å². The molecule has 4 aromatic rings. The van der Waals surface area contributed by atoms with Gasteiger partial charge in [-0.3, -0.25) is 23.9 Å². The predicted octanol–water partition coefficient (Wildman–Crippen LogP) is 6.48. The van der Waals surface area contributed by atoms with Crippen molar-refractivity contribution in [1.82, 2.24) is 14.8 Å². The van der Waals surface area contributed by atoms with E-state index >= 15 is 13.2 Å². The number of fused-ring (bicyclic) bond motifs is 6. The van der Waals surface area contributed by atoms with Gasteiger partial charge in [0.15, 0.2) is 11.6 Å². The molecule has 1 saturated heterocycles. The van der Waals surface area contributed by atoms with Crippen molar-refractivity contribution in [3.63, 3.8) is 0 Å². The first-order valence-corrected chi connectivity index (χ1v) is 15.4. The Labute approximate surface area is 279 Å². The van der Waals surface area contributed by atoms with Gasteiger partial charge in [0, 0.05) is 48.6 Å². The number of nitrogens with one attached hydrogen (secondary N) is 1. The Morgan fingerprint density at radius 3 is 2.42 bits per heavy atom. The highest BCUT2D eigenvalue weighted by atomic mass is 19.4. The molecule has 3 heterocycles. The van der Waals surface area contributed by atoms with Crippen LogP contribution < -0.4 is 15.6 Å². The maximum Gasteiger partial charge on any atom is 0.416 e. The Bertz CT molecular complexity index is 2060. The first-order chi connectivity index (χ1) is 23.6. The Morgan fingerprint density at radius 1 is 1.00 bits per heavy atom.